The van der Waals surface area contributed by atoms with Gasteiger partial charge in [-0.1, -0.05) is 30.1 Å². The lowest BCUT2D eigenvalue weighted by atomic mass is 10.0. The van der Waals surface area contributed by atoms with Gasteiger partial charge >= 0.3 is 11.9 Å². The first-order chi connectivity index (χ1) is 18.8. The van der Waals surface area contributed by atoms with Gasteiger partial charge in [0.05, 0.1) is 38.8 Å². The fourth-order valence-electron chi connectivity index (χ4n) is 4.86. The van der Waals surface area contributed by atoms with E-state index in [1.165, 1.54) is 25.1 Å². The second-order valence-corrected chi connectivity index (χ2v) is 12.3. The number of hydrogen-bond donors (Lipinski definition) is 2. The Morgan fingerprint density at radius 1 is 1.20 bits per heavy atom. The Morgan fingerprint density at radius 3 is 2.58 bits per heavy atom. The van der Waals surface area contributed by atoms with Crippen molar-refractivity contribution >= 4 is 44.9 Å². The molecule has 40 heavy (non-hydrogen) atoms. The van der Waals surface area contributed by atoms with Gasteiger partial charge in [0.1, 0.15) is 6.17 Å². The molecular formula is C26H28Cl2F4N4O3S. The Labute approximate surface area is 239 Å². The first-order valence-electron chi connectivity index (χ1n) is 12.6. The van der Waals surface area contributed by atoms with E-state index in [1.54, 1.807) is 11.8 Å². The van der Waals surface area contributed by atoms with E-state index in [4.69, 9.17) is 23.2 Å². The molecule has 0 spiro atoms. The predicted molar refractivity (Wildman–Crippen MR) is 149 cm³/mol. The number of aromatic nitrogens is 2. The van der Waals surface area contributed by atoms with Gasteiger partial charge in [-0.3, -0.25) is 18.5 Å². The largest absolute Gasteiger partial charge is 0.416 e. The average Bonchev–Trinajstić information content (AvgIpc) is 3.33. The number of alkyl halides is 4. The van der Waals surface area contributed by atoms with Crippen molar-refractivity contribution < 1.29 is 21.8 Å². The van der Waals surface area contributed by atoms with E-state index in [-0.39, 0.29) is 52.6 Å². The first-order valence-corrected chi connectivity index (χ1v) is 14.7. The first kappa shape index (κ1) is 30.7. The van der Waals surface area contributed by atoms with Crippen molar-refractivity contribution in [2.75, 3.05) is 25.4 Å². The van der Waals surface area contributed by atoms with E-state index in [0.29, 0.717) is 36.0 Å². The van der Waals surface area contributed by atoms with Crippen LogP contribution in [0.4, 0.5) is 17.6 Å². The Kier molecular flexibility index (Phi) is 9.45. The molecule has 0 saturated carbocycles. The van der Waals surface area contributed by atoms with Crippen molar-refractivity contribution in [3.05, 3.63) is 71.8 Å². The summed E-state index contributed by atoms with van der Waals surface area (Å²) in [7, 11) is -1.44. The van der Waals surface area contributed by atoms with Crippen LogP contribution >= 0.6 is 23.2 Å². The van der Waals surface area contributed by atoms with Crippen LogP contribution in [0, 0.1) is 0 Å². The van der Waals surface area contributed by atoms with Gasteiger partial charge in [0.2, 0.25) is 0 Å². The van der Waals surface area contributed by atoms with Crippen LogP contribution in [0.5, 0.6) is 0 Å². The summed E-state index contributed by atoms with van der Waals surface area (Å²) >= 11 is 12.6. The van der Waals surface area contributed by atoms with Crippen LogP contribution in [0.25, 0.3) is 10.9 Å². The third-order valence-corrected chi connectivity index (χ3v) is 8.89. The molecule has 4 rings (SSSR count). The Morgan fingerprint density at radius 2 is 1.93 bits per heavy atom. The molecule has 0 radical (unpaired) electrons. The highest BCUT2D eigenvalue weighted by Gasteiger charge is 2.37. The van der Waals surface area contributed by atoms with Crippen molar-refractivity contribution in [1.29, 1.82) is 0 Å². The minimum atomic E-state index is -4.83. The molecule has 14 heteroatoms. The molecule has 1 fully saturated rings. The summed E-state index contributed by atoms with van der Waals surface area (Å²) in [6.07, 6.45) is -5.27. The smallest absolute Gasteiger partial charge is 0.310 e. The number of halogens is 6. The van der Waals surface area contributed by atoms with E-state index in [0.717, 1.165) is 4.57 Å². The van der Waals surface area contributed by atoms with E-state index in [9.17, 15) is 31.4 Å². The summed E-state index contributed by atoms with van der Waals surface area (Å²) in [4.78, 5) is 31.0. The molecule has 3 aromatic rings. The van der Waals surface area contributed by atoms with Crippen LogP contribution < -0.4 is 16.6 Å². The third kappa shape index (κ3) is 6.62. The minimum absolute atomic E-state index is 0.0859. The fourth-order valence-corrected chi connectivity index (χ4v) is 6.31. The van der Waals surface area contributed by atoms with E-state index < -0.39 is 45.3 Å². The van der Waals surface area contributed by atoms with Gasteiger partial charge in [0, 0.05) is 47.9 Å². The molecule has 0 amide bonds. The molecule has 2 aromatic carbocycles. The molecule has 2 N–H and O–H groups in total. The summed E-state index contributed by atoms with van der Waals surface area (Å²) < 4.78 is 69.2. The molecule has 7 nitrogen and oxygen atoms in total. The van der Waals surface area contributed by atoms with Crippen LogP contribution in [0.1, 0.15) is 37.0 Å². The molecule has 1 aliphatic heterocycles. The molecule has 1 aromatic heterocycles. The topological polar surface area (TPSA) is 87.2 Å². The van der Waals surface area contributed by atoms with Crippen molar-refractivity contribution in [1.82, 2.24) is 19.8 Å². The van der Waals surface area contributed by atoms with Crippen molar-refractivity contribution in [2.45, 2.75) is 56.6 Å². The Hall–Kier alpha value is -2.25. The average molecular weight is 624 g/mol. The number of aromatic amines is 1. The van der Waals surface area contributed by atoms with Crippen molar-refractivity contribution in [3.63, 3.8) is 0 Å². The van der Waals surface area contributed by atoms with Crippen LogP contribution in [0.15, 0.2) is 38.8 Å². The lowest BCUT2D eigenvalue weighted by Crippen LogP contribution is -2.36. The minimum Gasteiger partial charge on any atom is -0.310 e. The van der Waals surface area contributed by atoms with Gasteiger partial charge in [-0.25, -0.2) is 9.18 Å². The molecule has 1 aliphatic rings. The maximum atomic E-state index is 14.2. The van der Waals surface area contributed by atoms with Crippen molar-refractivity contribution in [3.8, 4) is 0 Å². The summed E-state index contributed by atoms with van der Waals surface area (Å²) in [5, 5.41) is 2.57. The van der Waals surface area contributed by atoms with E-state index >= 15 is 0 Å². The Balaban J connectivity index is 1.77. The third-order valence-electron chi connectivity index (χ3n) is 6.83. The standard InChI is InChI=1S/C26H28Cl2F4N4O3S/c1-3-40(39)21-5-4-16(27)8-15(21)11-36-24(37)18-9-20(26(30,31)32)19(22(28)23(18)34-25(36)38)13-35-7-6-17(12-35)33-10-14(2)29/h4-5,8-9,14,17,33H,3,6-7,10-13H2,1-2H3,(H,34,38). The predicted octanol–water partition coefficient (Wildman–Crippen LogP) is 4.71. The Bertz CT molecular complexity index is 1560. The monoisotopic (exact) mass is 622 g/mol. The quantitative estimate of drug-likeness (QED) is 0.338. The number of nitrogens with one attached hydrogen (secondary N) is 2. The van der Waals surface area contributed by atoms with Crippen molar-refractivity contribution in [2.24, 2.45) is 0 Å². The number of benzene rings is 2. The summed E-state index contributed by atoms with van der Waals surface area (Å²) in [6, 6.07) is 5.14. The molecule has 0 aliphatic carbocycles. The van der Waals surface area contributed by atoms with Gasteiger partial charge < -0.3 is 10.3 Å². The maximum absolute atomic E-state index is 14.2. The van der Waals surface area contributed by atoms with Crippen LogP contribution in [0.3, 0.4) is 0 Å². The molecule has 0 bridgehead atoms. The number of nitrogens with zero attached hydrogens (tertiary/aromatic N) is 2. The second kappa shape index (κ2) is 12.3. The number of H-pyrrole nitrogens is 1. The lowest BCUT2D eigenvalue weighted by Gasteiger charge is -2.22. The van der Waals surface area contributed by atoms with E-state index in [1.807, 2.05) is 0 Å². The van der Waals surface area contributed by atoms with Gasteiger partial charge in [0.25, 0.3) is 5.56 Å². The van der Waals surface area contributed by atoms with Gasteiger partial charge in [-0.15, -0.1) is 0 Å². The van der Waals surface area contributed by atoms with Crippen LogP contribution in [-0.2, 0) is 30.1 Å². The molecule has 1 saturated heterocycles. The zero-order chi connectivity index (χ0) is 29.4. The molecule has 3 atom stereocenters. The van der Waals surface area contributed by atoms with Gasteiger partial charge in [-0.2, -0.15) is 13.2 Å². The highest BCUT2D eigenvalue weighted by atomic mass is 35.5. The number of likely N-dealkylation sites (tertiary alicyclic amines) is 1. The number of hydrogen-bond acceptors (Lipinski definition) is 5. The molecule has 218 valence electrons. The van der Waals surface area contributed by atoms with Gasteiger partial charge in [-0.05, 0) is 48.7 Å². The summed E-state index contributed by atoms with van der Waals surface area (Å²) in [5.41, 5.74) is -3.06. The zero-order valence-corrected chi connectivity index (χ0v) is 24.0. The van der Waals surface area contributed by atoms with Gasteiger partial charge in [0.15, 0.2) is 0 Å². The maximum Gasteiger partial charge on any atom is 0.416 e. The molecule has 3 unspecified atom stereocenters. The normalized spacial score (nSPS) is 17.9. The fraction of sp³-hybridized carbons (Fsp3) is 0.462. The number of rotatable bonds is 9. The summed E-state index contributed by atoms with van der Waals surface area (Å²) in [6.45, 7) is 3.57. The SMILES string of the molecule is CCS(=O)c1ccc(Cl)cc1Cn1c(=O)[nH]c2c(Cl)c(CN3CCC(NCC(C)F)C3)c(C(F)(F)F)cc2c1=O. The molecule has 2 heterocycles. The van der Waals surface area contributed by atoms with E-state index in [2.05, 4.69) is 10.3 Å². The number of fused-ring (bicyclic) bond motifs is 1. The zero-order valence-electron chi connectivity index (χ0n) is 21.7. The van der Waals surface area contributed by atoms with Crippen LogP contribution in [-0.4, -0.2) is 56.3 Å². The highest BCUT2D eigenvalue weighted by molar-refractivity contribution is 7.85. The molecular weight excluding hydrogens is 595 g/mol. The second-order valence-electron chi connectivity index (χ2n) is 9.75. The van der Waals surface area contributed by atoms with Crippen LogP contribution in [0.2, 0.25) is 10.0 Å². The highest BCUT2D eigenvalue weighted by Crippen LogP contribution is 2.39. The lowest BCUT2D eigenvalue weighted by molar-refractivity contribution is -0.138. The summed E-state index contributed by atoms with van der Waals surface area (Å²) in [5.74, 6) is 0.272.